The molecule has 134 valence electrons. The standard InChI is InChI=1S/C17H26N2O4S/c1-15-9-5-6-10-16(15)13-19(14-17(20)23-2)24(21,22)18-11-7-3-4-8-12-18/h5-6,9-10H,3-4,7-8,11-14H2,1-2H3. The van der Waals surface area contributed by atoms with Gasteiger partial charge in [0.15, 0.2) is 0 Å². The minimum Gasteiger partial charge on any atom is -0.468 e. The summed E-state index contributed by atoms with van der Waals surface area (Å²) in [6.07, 6.45) is 3.80. The quantitative estimate of drug-likeness (QED) is 0.734. The first kappa shape index (κ1) is 18.9. The molecular weight excluding hydrogens is 328 g/mol. The summed E-state index contributed by atoms with van der Waals surface area (Å²) in [6.45, 7) is 2.84. The molecule has 0 N–H and O–H groups in total. The summed E-state index contributed by atoms with van der Waals surface area (Å²) in [7, 11) is -2.43. The van der Waals surface area contributed by atoms with Crippen LogP contribution >= 0.6 is 0 Å². The molecule has 0 aromatic heterocycles. The van der Waals surface area contributed by atoms with Crippen LogP contribution in [0.25, 0.3) is 0 Å². The Morgan fingerprint density at radius 2 is 1.79 bits per heavy atom. The van der Waals surface area contributed by atoms with Gasteiger partial charge in [0.2, 0.25) is 0 Å². The Hall–Kier alpha value is -1.44. The lowest BCUT2D eigenvalue weighted by Crippen LogP contribution is -2.46. The summed E-state index contributed by atoms with van der Waals surface area (Å²) in [6, 6.07) is 7.60. The molecular formula is C17H26N2O4S. The van der Waals surface area contributed by atoms with Crippen LogP contribution in [-0.4, -0.2) is 49.7 Å². The number of aryl methyl sites for hydroxylation is 1. The molecule has 0 aliphatic carbocycles. The van der Waals surface area contributed by atoms with Crippen molar-refractivity contribution in [2.75, 3.05) is 26.7 Å². The molecule has 1 saturated heterocycles. The first-order valence-electron chi connectivity index (χ1n) is 8.31. The number of nitrogens with zero attached hydrogens (tertiary/aromatic N) is 2. The fourth-order valence-electron chi connectivity index (χ4n) is 2.84. The second-order valence-corrected chi connectivity index (χ2v) is 8.02. The largest absolute Gasteiger partial charge is 0.468 e. The van der Waals surface area contributed by atoms with Gasteiger partial charge in [-0.25, -0.2) is 0 Å². The summed E-state index contributed by atoms with van der Waals surface area (Å²) >= 11 is 0. The van der Waals surface area contributed by atoms with E-state index in [1.165, 1.54) is 15.7 Å². The maximum absolute atomic E-state index is 13.0. The van der Waals surface area contributed by atoms with E-state index in [0.29, 0.717) is 13.1 Å². The first-order chi connectivity index (χ1) is 11.4. The fourth-order valence-corrected chi connectivity index (χ4v) is 4.46. The zero-order valence-corrected chi connectivity index (χ0v) is 15.2. The van der Waals surface area contributed by atoms with Gasteiger partial charge in [-0.3, -0.25) is 4.79 Å². The van der Waals surface area contributed by atoms with Gasteiger partial charge in [0.25, 0.3) is 10.2 Å². The highest BCUT2D eigenvalue weighted by molar-refractivity contribution is 7.86. The lowest BCUT2D eigenvalue weighted by atomic mass is 10.1. The summed E-state index contributed by atoms with van der Waals surface area (Å²) in [4.78, 5) is 11.7. The fraction of sp³-hybridized carbons (Fsp3) is 0.588. The van der Waals surface area contributed by atoms with Gasteiger partial charge in [-0.1, -0.05) is 37.1 Å². The molecule has 0 bridgehead atoms. The van der Waals surface area contributed by atoms with Crippen molar-refractivity contribution in [1.82, 2.24) is 8.61 Å². The van der Waals surface area contributed by atoms with Crippen LogP contribution in [0.1, 0.15) is 36.8 Å². The van der Waals surface area contributed by atoms with Crippen LogP contribution in [0.5, 0.6) is 0 Å². The number of esters is 1. The third-order valence-electron chi connectivity index (χ3n) is 4.36. The maximum Gasteiger partial charge on any atom is 0.321 e. The van der Waals surface area contributed by atoms with E-state index in [1.54, 1.807) is 0 Å². The minimum atomic E-state index is -3.70. The highest BCUT2D eigenvalue weighted by Crippen LogP contribution is 2.20. The Bertz CT molecular complexity index is 652. The average Bonchev–Trinajstić information content (AvgIpc) is 2.85. The Morgan fingerprint density at radius 1 is 1.17 bits per heavy atom. The molecule has 7 heteroatoms. The molecule has 2 rings (SSSR count). The Morgan fingerprint density at radius 3 is 2.38 bits per heavy atom. The summed E-state index contributed by atoms with van der Waals surface area (Å²) in [5.74, 6) is -0.554. The average molecular weight is 354 g/mol. The van der Waals surface area contributed by atoms with E-state index < -0.39 is 16.2 Å². The molecule has 0 radical (unpaired) electrons. The van der Waals surface area contributed by atoms with E-state index in [1.807, 2.05) is 31.2 Å². The van der Waals surface area contributed by atoms with Crippen LogP contribution in [0.15, 0.2) is 24.3 Å². The van der Waals surface area contributed by atoms with Gasteiger partial charge in [-0.2, -0.15) is 17.0 Å². The van der Waals surface area contributed by atoms with Crippen LogP contribution in [0.4, 0.5) is 0 Å². The molecule has 6 nitrogen and oxygen atoms in total. The van der Waals surface area contributed by atoms with Gasteiger partial charge in [0.1, 0.15) is 6.54 Å². The number of hydrogen-bond acceptors (Lipinski definition) is 4. The first-order valence-corrected chi connectivity index (χ1v) is 9.71. The van der Waals surface area contributed by atoms with Crippen molar-refractivity contribution in [3.8, 4) is 0 Å². The molecule has 1 heterocycles. The van der Waals surface area contributed by atoms with E-state index in [2.05, 4.69) is 0 Å². The van der Waals surface area contributed by atoms with Crippen LogP contribution in [0.3, 0.4) is 0 Å². The predicted molar refractivity (Wildman–Crippen MR) is 92.6 cm³/mol. The van der Waals surface area contributed by atoms with E-state index in [9.17, 15) is 13.2 Å². The van der Waals surface area contributed by atoms with E-state index in [0.717, 1.165) is 36.8 Å². The molecule has 1 aliphatic heterocycles. The zero-order chi connectivity index (χ0) is 17.6. The number of carbonyl (C=O) groups excluding carboxylic acids is 1. The Kier molecular flexibility index (Phi) is 6.77. The van der Waals surface area contributed by atoms with Crippen molar-refractivity contribution in [3.63, 3.8) is 0 Å². The maximum atomic E-state index is 13.0. The number of ether oxygens (including phenoxy) is 1. The lowest BCUT2D eigenvalue weighted by Gasteiger charge is -2.29. The van der Waals surface area contributed by atoms with Crippen molar-refractivity contribution in [2.45, 2.75) is 39.2 Å². The van der Waals surface area contributed by atoms with Gasteiger partial charge in [-0.05, 0) is 30.9 Å². The molecule has 0 unspecified atom stereocenters. The SMILES string of the molecule is COC(=O)CN(Cc1ccccc1C)S(=O)(=O)N1CCCCCC1. The molecule has 0 saturated carbocycles. The highest BCUT2D eigenvalue weighted by atomic mass is 32.2. The van der Waals surface area contributed by atoms with Crippen molar-refractivity contribution >= 4 is 16.2 Å². The molecule has 0 atom stereocenters. The van der Waals surface area contributed by atoms with Crippen LogP contribution in [0.2, 0.25) is 0 Å². The van der Waals surface area contributed by atoms with Gasteiger partial charge in [-0.15, -0.1) is 0 Å². The van der Waals surface area contributed by atoms with E-state index in [-0.39, 0.29) is 13.1 Å². The minimum absolute atomic E-state index is 0.167. The summed E-state index contributed by atoms with van der Waals surface area (Å²) in [5, 5.41) is 0. The number of hydrogen-bond donors (Lipinski definition) is 0. The smallest absolute Gasteiger partial charge is 0.321 e. The Labute approximate surface area is 144 Å². The molecule has 24 heavy (non-hydrogen) atoms. The molecule has 1 aromatic carbocycles. The van der Waals surface area contributed by atoms with Crippen molar-refractivity contribution in [1.29, 1.82) is 0 Å². The monoisotopic (exact) mass is 354 g/mol. The van der Waals surface area contributed by atoms with E-state index in [4.69, 9.17) is 4.74 Å². The number of benzene rings is 1. The molecule has 0 amide bonds. The van der Waals surface area contributed by atoms with Crippen LogP contribution < -0.4 is 0 Å². The second-order valence-electron chi connectivity index (χ2n) is 6.09. The second kappa shape index (κ2) is 8.60. The van der Waals surface area contributed by atoms with Gasteiger partial charge >= 0.3 is 5.97 Å². The number of rotatable bonds is 6. The molecule has 0 spiro atoms. The van der Waals surface area contributed by atoms with Crippen molar-refractivity contribution in [3.05, 3.63) is 35.4 Å². The lowest BCUT2D eigenvalue weighted by molar-refractivity contribution is -0.140. The van der Waals surface area contributed by atoms with E-state index >= 15 is 0 Å². The van der Waals surface area contributed by atoms with Crippen molar-refractivity contribution < 1.29 is 17.9 Å². The van der Waals surface area contributed by atoms with Gasteiger partial charge < -0.3 is 4.74 Å². The third kappa shape index (κ3) is 4.78. The van der Waals surface area contributed by atoms with Crippen molar-refractivity contribution in [2.24, 2.45) is 0 Å². The Balaban J connectivity index is 2.26. The number of carbonyl (C=O) groups is 1. The number of methoxy groups -OCH3 is 1. The highest BCUT2D eigenvalue weighted by Gasteiger charge is 2.32. The summed E-state index contributed by atoms with van der Waals surface area (Å²) in [5.41, 5.74) is 1.89. The summed E-state index contributed by atoms with van der Waals surface area (Å²) < 4.78 is 33.5. The predicted octanol–water partition coefficient (Wildman–Crippen LogP) is 2.09. The van der Waals surface area contributed by atoms with Crippen LogP contribution in [0, 0.1) is 6.92 Å². The topological polar surface area (TPSA) is 66.9 Å². The molecule has 1 fully saturated rings. The van der Waals surface area contributed by atoms with Gasteiger partial charge in [0.05, 0.1) is 7.11 Å². The van der Waals surface area contributed by atoms with Crippen LogP contribution in [-0.2, 0) is 26.3 Å². The zero-order valence-electron chi connectivity index (χ0n) is 14.4. The molecule has 1 aliphatic rings. The molecule has 1 aromatic rings. The van der Waals surface area contributed by atoms with Gasteiger partial charge in [0, 0.05) is 19.6 Å². The third-order valence-corrected chi connectivity index (χ3v) is 6.29. The normalized spacial score (nSPS) is 16.8.